The standard InChI is InChI=1S/C23H24ClN3O3/c1-3-30-23(28)20-14-25-21-15(2)12-16(24)13-19(21)22(20)26-17-4-6-18(7-5-17)27-8-10-29-11-9-27/h4-7,12-14H,3,8-11H2,1-2H3,(H,25,26). The van der Waals surface area contributed by atoms with Crippen LogP contribution in [0.4, 0.5) is 17.1 Å². The van der Waals surface area contributed by atoms with E-state index in [-0.39, 0.29) is 0 Å². The number of fused-ring (bicyclic) bond motifs is 1. The highest BCUT2D eigenvalue weighted by Gasteiger charge is 2.19. The van der Waals surface area contributed by atoms with Crippen LogP contribution in [0, 0.1) is 6.92 Å². The molecule has 156 valence electrons. The number of hydrogen-bond acceptors (Lipinski definition) is 6. The van der Waals surface area contributed by atoms with Gasteiger partial charge in [-0.15, -0.1) is 0 Å². The number of morpholine rings is 1. The summed E-state index contributed by atoms with van der Waals surface area (Å²) >= 11 is 6.31. The summed E-state index contributed by atoms with van der Waals surface area (Å²) in [5, 5.41) is 4.77. The molecule has 4 rings (SSSR count). The lowest BCUT2D eigenvalue weighted by molar-refractivity contribution is 0.0527. The number of pyridine rings is 1. The lowest BCUT2D eigenvalue weighted by Crippen LogP contribution is -2.36. The first-order chi connectivity index (χ1) is 14.6. The number of carbonyl (C=O) groups excluding carboxylic acids is 1. The van der Waals surface area contributed by atoms with Gasteiger partial charge in [-0.2, -0.15) is 0 Å². The molecule has 1 saturated heterocycles. The number of benzene rings is 2. The topological polar surface area (TPSA) is 63.7 Å². The van der Waals surface area contributed by atoms with Crippen LogP contribution in [0.2, 0.25) is 5.02 Å². The van der Waals surface area contributed by atoms with E-state index in [1.807, 2.05) is 31.2 Å². The minimum absolute atomic E-state index is 0.291. The molecule has 7 heteroatoms. The molecular formula is C23H24ClN3O3. The zero-order valence-electron chi connectivity index (χ0n) is 17.1. The van der Waals surface area contributed by atoms with Gasteiger partial charge in [0.2, 0.25) is 0 Å². The molecule has 1 aromatic heterocycles. The molecule has 0 radical (unpaired) electrons. The molecule has 0 atom stereocenters. The number of ether oxygens (including phenoxy) is 2. The summed E-state index contributed by atoms with van der Waals surface area (Å²) in [6, 6.07) is 11.8. The molecule has 0 saturated carbocycles. The Kier molecular flexibility index (Phi) is 6.06. The van der Waals surface area contributed by atoms with Crippen molar-refractivity contribution >= 4 is 45.5 Å². The number of nitrogens with zero attached hydrogens (tertiary/aromatic N) is 2. The lowest BCUT2D eigenvalue weighted by Gasteiger charge is -2.29. The lowest BCUT2D eigenvalue weighted by atomic mass is 10.1. The number of nitrogens with one attached hydrogen (secondary N) is 1. The SMILES string of the molecule is CCOC(=O)c1cnc2c(C)cc(Cl)cc2c1Nc1ccc(N2CCOCC2)cc1. The third kappa shape index (κ3) is 4.20. The number of rotatable bonds is 5. The average Bonchev–Trinajstić information content (AvgIpc) is 2.75. The first-order valence-electron chi connectivity index (χ1n) is 10.0. The van der Waals surface area contributed by atoms with E-state index >= 15 is 0 Å². The number of hydrogen-bond donors (Lipinski definition) is 1. The fraction of sp³-hybridized carbons (Fsp3) is 0.304. The predicted molar refractivity (Wildman–Crippen MR) is 120 cm³/mol. The van der Waals surface area contributed by atoms with Crippen LogP contribution in [0.25, 0.3) is 10.9 Å². The molecule has 30 heavy (non-hydrogen) atoms. The van der Waals surface area contributed by atoms with Crippen LogP contribution in [0.1, 0.15) is 22.8 Å². The Morgan fingerprint density at radius 1 is 1.23 bits per heavy atom. The van der Waals surface area contributed by atoms with Crippen molar-refractivity contribution in [2.24, 2.45) is 0 Å². The molecular weight excluding hydrogens is 402 g/mol. The fourth-order valence-electron chi connectivity index (χ4n) is 3.66. The molecule has 0 spiro atoms. The summed E-state index contributed by atoms with van der Waals surface area (Å²) in [5.74, 6) is -0.419. The van der Waals surface area contributed by atoms with Crippen LogP contribution in [0.15, 0.2) is 42.6 Å². The maximum Gasteiger partial charge on any atom is 0.341 e. The van der Waals surface area contributed by atoms with Gasteiger partial charge in [-0.25, -0.2) is 4.79 Å². The van der Waals surface area contributed by atoms with Crippen molar-refractivity contribution in [2.75, 3.05) is 43.1 Å². The molecule has 1 aliphatic heterocycles. The van der Waals surface area contributed by atoms with Gasteiger partial charge < -0.3 is 19.7 Å². The van der Waals surface area contributed by atoms with Gasteiger partial charge in [0, 0.05) is 41.1 Å². The monoisotopic (exact) mass is 425 g/mol. The fourth-order valence-corrected chi connectivity index (χ4v) is 3.93. The molecule has 0 aliphatic carbocycles. The smallest absolute Gasteiger partial charge is 0.341 e. The largest absolute Gasteiger partial charge is 0.462 e. The third-order valence-electron chi connectivity index (χ3n) is 5.13. The Bertz CT molecular complexity index is 1060. The third-order valence-corrected chi connectivity index (χ3v) is 5.35. The van der Waals surface area contributed by atoms with Crippen LogP contribution >= 0.6 is 11.6 Å². The number of carbonyl (C=O) groups is 1. The van der Waals surface area contributed by atoms with Gasteiger partial charge in [0.1, 0.15) is 5.56 Å². The normalized spacial score (nSPS) is 14.0. The second kappa shape index (κ2) is 8.90. The number of anilines is 3. The van der Waals surface area contributed by atoms with Gasteiger partial charge in [0.25, 0.3) is 0 Å². The van der Waals surface area contributed by atoms with Gasteiger partial charge in [0.05, 0.1) is 31.0 Å². The van der Waals surface area contributed by atoms with Crippen LogP contribution in [0.3, 0.4) is 0 Å². The Labute approximate surface area is 180 Å². The summed E-state index contributed by atoms with van der Waals surface area (Å²) in [4.78, 5) is 19.4. The van der Waals surface area contributed by atoms with Crippen molar-refractivity contribution in [3.8, 4) is 0 Å². The second-order valence-electron chi connectivity index (χ2n) is 7.16. The number of esters is 1. The van der Waals surface area contributed by atoms with Crippen molar-refractivity contribution in [2.45, 2.75) is 13.8 Å². The Morgan fingerprint density at radius 2 is 1.97 bits per heavy atom. The van der Waals surface area contributed by atoms with Gasteiger partial charge in [-0.1, -0.05) is 11.6 Å². The van der Waals surface area contributed by atoms with Crippen molar-refractivity contribution in [3.05, 3.63) is 58.7 Å². The highest BCUT2D eigenvalue weighted by Crippen LogP contribution is 2.33. The second-order valence-corrected chi connectivity index (χ2v) is 7.59. The highest BCUT2D eigenvalue weighted by atomic mass is 35.5. The molecule has 1 aliphatic rings. The molecule has 2 heterocycles. The summed E-state index contributed by atoms with van der Waals surface area (Å²) in [5.41, 5.74) is 4.76. The van der Waals surface area contributed by atoms with Gasteiger partial charge in [0.15, 0.2) is 0 Å². The molecule has 0 bridgehead atoms. The molecule has 2 aromatic carbocycles. The maximum absolute atomic E-state index is 12.6. The van der Waals surface area contributed by atoms with Gasteiger partial charge >= 0.3 is 5.97 Å². The van der Waals surface area contributed by atoms with E-state index in [9.17, 15) is 4.79 Å². The van der Waals surface area contributed by atoms with Crippen molar-refractivity contribution in [3.63, 3.8) is 0 Å². The highest BCUT2D eigenvalue weighted by molar-refractivity contribution is 6.31. The molecule has 3 aromatic rings. The average molecular weight is 426 g/mol. The van der Waals surface area contributed by atoms with Crippen LogP contribution in [-0.4, -0.2) is 43.9 Å². The van der Waals surface area contributed by atoms with Crippen LogP contribution < -0.4 is 10.2 Å². The summed E-state index contributed by atoms with van der Waals surface area (Å²) in [7, 11) is 0. The van der Waals surface area contributed by atoms with Crippen molar-refractivity contribution in [1.82, 2.24) is 4.98 Å². The van der Waals surface area contributed by atoms with Gasteiger partial charge in [-0.05, 0) is 55.8 Å². The van der Waals surface area contributed by atoms with Crippen molar-refractivity contribution < 1.29 is 14.3 Å². The molecule has 0 amide bonds. The first-order valence-corrected chi connectivity index (χ1v) is 10.4. The molecule has 1 N–H and O–H groups in total. The van der Waals surface area contributed by atoms with Crippen LogP contribution in [0.5, 0.6) is 0 Å². The minimum atomic E-state index is -0.419. The first kappa shape index (κ1) is 20.4. The Balaban J connectivity index is 1.72. The predicted octanol–water partition coefficient (Wildman–Crippen LogP) is 4.95. The maximum atomic E-state index is 12.6. The summed E-state index contributed by atoms with van der Waals surface area (Å²) < 4.78 is 10.7. The molecule has 1 fully saturated rings. The molecule has 6 nitrogen and oxygen atoms in total. The van der Waals surface area contributed by atoms with E-state index < -0.39 is 5.97 Å². The number of aromatic nitrogens is 1. The number of halogens is 1. The van der Waals surface area contributed by atoms with E-state index in [2.05, 4.69) is 27.3 Å². The van der Waals surface area contributed by atoms with E-state index in [0.717, 1.165) is 54.1 Å². The van der Waals surface area contributed by atoms with Crippen LogP contribution in [-0.2, 0) is 9.47 Å². The van der Waals surface area contributed by atoms with E-state index in [0.29, 0.717) is 22.9 Å². The van der Waals surface area contributed by atoms with E-state index in [1.54, 1.807) is 13.1 Å². The zero-order chi connectivity index (χ0) is 21.1. The Morgan fingerprint density at radius 3 is 2.67 bits per heavy atom. The Hall–Kier alpha value is -2.83. The minimum Gasteiger partial charge on any atom is -0.462 e. The quantitative estimate of drug-likeness (QED) is 0.583. The molecule has 0 unspecified atom stereocenters. The van der Waals surface area contributed by atoms with Gasteiger partial charge in [-0.3, -0.25) is 4.98 Å². The van der Waals surface area contributed by atoms with Crippen molar-refractivity contribution in [1.29, 1.82) is 0 Å². The van der Waals surface area contributed by atoms with E-state index in [4.69, 9.17) is 21.1 Å². The van der Waals surface area contributed by atoms with E-state index in [1.165, 1.54) is 0 Å². The summed E-state index contributed by atoms with van der Waals surface area (Å²) in [6.07, 6.45) is 1.56. The zero-order valence-corrected chi connectivity index (χ0v) is 17.8. The summed E-state index contributed by atoms with van der Waals surface area (Å²) in [6.45, 7) is 7.27. The number of aryl methyl sites for hydroxylation is 1.